The first kappa shape index (κ1) is 16.0. The molecule has 0 unspecified atom stereocenters. The second kappa shape index (κ2) is 10.9. The van der Waals surface area contributed by atoms with Gasteiger partial charge in [-0.3, -0.25) is 4.99 Å². The van der Waals surface area contributed by atoms with Crippen LogP contribution in [-0.4, -0.2) is 39.3 Å². The van der Waals surface area contributed by atoms with Gasteiger partial charge in [0.1, 0.15) is 0 Å². The van der Waals surface area contributed by atoms with E-state index in [1.54, 1.807) is 0 Å². The lowest BCUT2D eigenvalue weighted by atomic mass is 10.1. The average Bonchev–Trinajstić information content (AvgIpc) is 2.46. The van der Waals surface area contributed by atoms with Crippen molar-refractivity contribution in [2.45, 2.75) is 45.4 Å². The zero-order valence-electron chi connectivity index (χ0n) is 12.5. The highest BCUT2D eigenvalue weighted by Gasteiger charge is 2.03. The van der Waals surface area contributed by atoms with Crippen molar-refractivity contribution in [1.29, 1.82) is 0 Å². The van der Waals surface area contributed by atoms with Crippen LogP contribution in [0, 0.1) is 0 Å². The number of guanidine groups is 1. The van der Waals surface area contributed by atoms with Gasteiger partial charge >= 0.3 is 0 Å². The van der Waals surface area contributed by atoms with E-state index in [0.29, 0.717) is 0 Å². The topological polar surface area (TPSA) is 45.7 Å². The SMILES string of the molecule is CCCCCCNC(=NC)NCCC1=CCOCC1. The lowest BCUT2D eigenvalue weighted by molar-refractivity contribution is 0.153. The largest absolute Gasteiger partial charge is 0.377 e. The zero-order chi connectivity index (χ0) is 13.8. The van der Waals surface area contributed by atoms with Gasteiger partial charge in [0.25, 0.3) is 0 Å². The first-order chi connectivity index (χ1) is 9.36. The van der Waals surface area contributed by atoms with E-state index in [1.807, 2.05) is 7.05 Å². The zero-order valence-corrected chi connectivity index (χ0v) is 12.5. The van der Waals surface area contributed by atoms with E-state index in [1.165, 1.54) is 31.3 Å². The molecule has 0 saturated heterocycles. The van der Waals surface area contributed by atoms with Crippen LogP contribution in [0.5, 0.6) is 0 Å². The van der Waals surface area contributed by atoms with E-state index in [0.717, 1.165) is 45.1 Å². The molecule has 0 bridgehead atoms. The number of unbranched alkanes of at least 4 members (excludes halogenated alkanes) is 3. The Balaban J connectivity index is 2.06. The van der Waals surface area contributed by atoms with Crippen LogP contribution < -0.4 is 10.6 Å². The van der Waals surface area contributed by atoms with Gasteiger partial charge in [0, 0.05) is 20.1 Å². The highest BCUT2D eigenvalue weighted by molar-refractivity contribution is 5.79. The van der Waals surface area contributed by atoms with Gasteiger partial charge in [-0.2, -0.15) is 0 Å². The predicted octanol–water partition coefficient (Wildman–Crippen LogP) is 2.47. The molecule has 0 aromatic rings. The summed E-state index contributed by atoms with van der Waals surface area (Å²) in [6.45, 7) is 5.84. The molecule has 110 valence electrons. The summed E-state index contributed by atoms with van der Waals surface area (Å²) in [7, 11) is 1.83. The minimum Gasteiger partial charge on any atom is -0.377 e. The highest BCUT2D eigenvalue weighted by Crippen LogP contribution is 2.10. The van der Waals surface area contributed by atoms with Gasteiger partial charge < -0.3 is 15.4 Å². The molecule has 0 saturated carbocycles. The van der Waals surface area contributed by atoms with Crippen molar-refractivity contribution in [2.75, 3.05) is 33.4 Å². The Kier molecular flexibility index (Phi) is 9.15. The Bertz CT molecular complexity index is 287. The highest BCUT2D eigenvalue weighted by atomic mass is 16.5. The fraction of sp³-hybridized carbons (Fsp3) is 0.800. The molecule has 4 heteroatoms. The van der Waals surface area contributed by atoms with Gasteiger partial charge in [0.2, 0.25) is 0 Å². The third kappa shape index (κ3) is 7.88. The molecule has 0 spiro atoms. The molecule has 0 fully saturated rings. The average molecular weight is 267 g/mol. The summed E-state index contributed by atoms with van der Waals surface area (Å²) in [5.41, 5.74) is 1.50. The summed E-state index contributed by atoms with van der Waals surface area (Å²) in [6, 6.07) is 0. The van der Waals surface area contributed by atoms with Crippen molar-refractivity contribution in [2.24, 2.45) is 4.99 Å². The molecule has 0 amide bonds. The van der Waals surface area contributed by atoms with Crippen molar-refractivity contribution in [3.05, 3.63) is 11.6 Å². The van der Waals surface area contributed by atoms with Crippen LogP contribution in [0.3, 0.4) is 0 Å². The van der Waals surface area contributed by atoms with Crippen LogP contribution in [0.4, 0.5) is 0 Å². The second-order valence-electron chi connectivity index (χ2n) is 4.92. The van der Waals surface area contributed by atoms with Gasteiger partial charge in [-0.1, -0.05) is 37.8 Å². The smallest absolute Gasteiger partial charge is 0.190 e. The first-order valence-electron chi connectivity index (χ1n) is 7.57. The van der Waals surface area contributed by atoms with E-state index < -0.39 is 0 Å². The minimum atomic E-state index is 0.778. The van der Waals surface area contributed by atoms with Crippen molar-refractivity contribution in [1.82, 2.24) is 10.6 Å². The van der Waals surface area contributed by atoms with Gasteiger partial charge in [0.15, 0.2) is 5.96 Å². The van der Waals surface area contributed by atoms with Gasteiger partial charge in [0.05, 0.1) is 13.2 Å². The lowest BCUT2D eigenvalue weighted by Crippen LogP contribution is -2.38. The number of hydrogen-bond acceptors (Lipinski definition) is 2. The van der Waals surface area contributed by atoms with E-state index in [9.17, 15) is 0 Å². The van der Waals surface area contributed by atoms with Crippen molar-refractivity contribution in [3.63, 3.8) is 0 Å². The summed E-state index contributed by atoms with van der Waals surface area (Å²) in [6.07, 6.45) is 9.48. The Morgan fingerprint density at radius 3 is 2.79 bits per heavy atom. The van der Waals surface area contributed by atoms with Crippen molar-refractivity contribution in [3.8, 4) is 0 Å². The minimum absolute atomic E-state index is 0.778. The third-order valence-electron chi connectivity index (χ3n) is 3.34. The molecule has 1 aliphatic heterocycles. The van der Waals surface area contributed by atoms with Crippen LogP contribution in [0.15, 0.2) is 16.6 Å². The van der Waals surface area contributed by atoms with Crippen molar-refractivity contribution < 1.29 is 4.74 Å². The molecule has 1 aliphatic rings. The van der Waals surface area contributed by atoms with Gasteiger partial charge in [-0.15, -0.1) is 0 Å². The second-order valence-corrected chi connectivity index (χ2v) is 4.92. The molecule has 4 nitrogen and oxygen atoms in total. The van der Waals surface area contributed by atoms with Crippen LogP contribution in [0.2, 0.25) is 0 Å². The van der Waals surface area contributed by atoms with Crippen LogP contribution in [-0.2, 0) is 4.74 Å². The standard InChI is InChI=1S/C15H29N3O/c1-3-4-5-6-10-17-15(16-2)18-11-7-14-8-12-19-13-9-14/h8H,3-7,9-13H2,1-2H3,(H2,16,17,18). The number of nitrogens with zero attached hydrogens (tertiary/aromatic N) is 1. The molecule has 1 rings (SSSR count). The van der Waals surface area contributed by atoms with Crippen LogP contribution in [0.25, 0.3) is 0 Å². The van der Waals surface area contributed by atoms with Crippen molar-refractivity contribution >= 4 is 5.96 Å². The molecule has 0 aromatic heterocycles. The fourth-order valence-electron chi connectivity index (χ4n) is 2.11. The summed E-state index contributed by atoms with van der Waals surface area (Å²) in [5.74, 6) is 0.921. The molecule has 0 radical (unpaired) electrons. The molecule has 2 N–H and O–H groups in total. The number of nitrogens with one attached hydrogen (secondary N) is 2. The number of aliphatic imine (C=N–C) groups is 1. The predicted molar refractivity (Wildman–Crippen MR) is 81.6 cm³/mol. The van der Waals surface area contributed by atoms with E-state index in [4.69, 9.17) is 4.74 Å². The van der Waals surface area contributed by atoms with Gasteiger partial charge in [-0.25, -0.2) is 0 Å². The lowest BCUT2D eigenvalue weighted by Gasteiger charge is -2.15. The molecule has 0 aromatic carbocycles. The molecular weight excluding hydrogens is 238 g/mol. The first-order valence-corrected chi connectivity index (χ1v) is 7.57. The quantitative estimate of drug-likeness (QED) is 0.307. The van der Waals surface area contributed by atoms with E-state index in [-0.39, 0.29) is 0 Å². The molecule has 0 aliphatic carbocycles. The number of rotatable bonds is 8. The molecule has 1 heterocycles. The third-order valence-corrected chi connectivity index (χ3v) is 3.34. The van der Waals surface area contributed by atoms with E-state index in [2.05, 4.69) is 28.6 Å². The Hall–Kier alpha value is -1.03. The summed E-state index contributed by atoms with van der Waals surface area (Å²) < 4.78 is 5.30. The Morgan fingerprint density at radius 2 is 2.11 bits per heavy atom. The Labute approximate surface area is 117 Å². The van der Waals surface area contributed by atoms with Crippen LogP contribution in [0.1, 0.15) is 45.4 Å². The monoisotopic (exact) mass is 267 g/mol. The molecule has 19 heavy (non-hydrogen) atoms. The van der Waals surface area contributed by atoms with Crippen LogP contribution >= 0.6 is 0 Å². The maximum absolute atomic E-state index is 5.30. The molecular formula is C15H29N3O. The molecule has 0 atom stereocenters. The summed E-state index contributed by atoms with van der Waals surface area (Å²) >= 11 is 0. The maximum Gasteiger partial charge on any atom is 0.190 e. The Morgan fingerprint density at radius 1 is 1.26 bits per heavy atom. The normalized spacial score (nSPS) is 16.1. The summed E-state index contributed by atoms with van der Waals surface area (Å²) in [5, 5.41) is 6.73. The summed E-state index contributed by atoms with van der Waals surface area (Å²) in [4.78, 5) is 4.24. The van der Waals surface area contributed by atoms with E-state index >= 15 is 0 Å². The maximum atomic E-state index is 5.30. The van der Waals surface area contributed by atoms with Gasteiger partial charge in [-0.05, 0) is 19.3 Å². The number of ether oxygens (including phenoxy) is 1. The fourth-order valence-corrected chi connectivity index (χ4v) is 2.11. The number of hydrogen-bond donors (Lipinski definition) is 2.